The van der Waals surface area contributed by atoms with Gasteiger partial charge < -0.3 is 9.80 Å². The molecule has 0 spiro atoms. The Morgan fingerprint density at radius 1 is 0.957 bits per heavy atom. The molecule has 2 fully saturated rings. The molecule has 1 N–H and O–H groups in total. The topological polar surface area (TPSA) is 73.8 Å². The van der Waals surface area contributed by atoms with Crippen LogP contribution in [0.2, 0.25) is 0 Å². The summed E-state index contributed by atoms with van der Waals surface area (Å²) in [5.74, 6) is 3.49. The van der Waals surface area contributed by atoms with E-state index in [4.69, 9.17) is 4.98 Å². The van der Waals surface area contributed by atoms with Gasteiger partial charge >= 0.3 is 0 Å². The Kier molecular flexibility index (Phi) is 4.08. The second-order valence-corrected chi connectivity index (χ2v) is 6.46. The minimum Gasteiger partial charge on any atom is -0.337 e. The van der Waals surface area contributed by atoms with Gasteiger partial charge in [0, 0.05) is 45.0 Å². The average molecular weight is 313 g/mol. The van der Waals surface area contributed by atoms with E-state index >= 15 is 0 Å². The molecular formula is C16H23N7. The smallest absolute Gasteiger partial charge is 0.244 e. The van der Waals surface area contributed by atoms with Crippen LogP contribution in [0.1, 0.15) is 31.5 Å². The Balaban J connectivity index is 1.34. The standard InChI is InChI=1S/C16H23N7/c1-2-5-13(4-1)12-14-19-16(21-20-14)23-10-8-22(9-11-23)15-17-6-3-7-18-15/h3,6-7,13H,1-2,4-5,8-12H2,(H,19,20,21). The van der Waals surface area contributed by atoms with Crippen LogP contribution in [0, 0.1) is 5.92 Å². The lowest BCUT2D eigenvalue weighted by Crippen LogP contribution is -2.47. The maximum atomic E-state index is 4.70. The van der Waals surface area contributed by atoms with Crippen molar-refractivity contribution in [1.82, 2.24) is 25.1 Å². The molecule has 7 nitrogen and oxygen atoms in total. The predicted octanol–water partition coefficient (Wildman–Crippen LogP) is 1.65. The van der Waals surface area contributed by atoms with Crippen molar-refractivity contribution in [3.05, 3.63) is 24.3 Å². The number of nitrogens with zero attached hydrogens (tertiary/aromatic N) is 6. The van der Waals surface area contributed by atoms with E-state index in [2.05, 4.69) is 30.0 Å². The summed E-state index contributed by atoms with van der Waals surface area (Å²) in [6.45, 7) is 3.60. The molecule has 0 radical (unpaired) electrons. The number of rotatable bonds is 4. The molecule has 2 aromatic heterocycles. The highest BCUT2D eigenvalue weighted by Gasteiger charge is 2.22. The Hall–Kier alpha value is -2.18. The lowest BCUT2D eigenvalue weighted by molar-refractivity contribution is 0.531. The number of piperazine rings is 1. The zero-order chi connectivity index (χ0) is 15.5. The number of anilines is 2. The van der Waals surface area contributed by atoms with Crippen molar-refractivity contribution in [3.63, 3.8) is 0 Å². The molecule has 7 heteroatoms. The fourth-order valence-electron chi connectivity index (χ4n) is 3.57. The number of aromatic nitrogens is 5. The molecule has 1 aliphatic heterocycles. The lowest BCUT2D eigenvalue weighted by Gasteiger charge is -2.33. The molecular weight excluding hydrogens is 290 g/mol. The molecule has 0 unspecified atom stereocenters. The third kappa shape index (κ3) is 3.28. The van der Waals surface area contributed by atoms with Crippen molar-refractivity contribution in [2.75, 3.05) is 36.0 Å². The summed E-state index contributed by atoms with van der Waals surface area (Å²) in [4.78, 5) is 17.8. The zero-order valence-corrected chi connectivity index (χ0v) is 13.4. The van der Waals surface area contributed by atoms with Crippen LogP contribution in [0.4, 0.5) is 11.9 Å². The molecule has 0 amide bonds. The highest BCUT2D eigenvalue weighted by atomic mass is 15.4. The van der Waals surface area contributed by atoms with Crippen LogP contribution in [-0.4, -0.2) is 51.3 Å². The first-order chi connectivity index (χ1) is 11.4. The quantitative estimate of drug-likeness (QED) is 0.925. The average Bonchev–Trinajstić information content (AvgIpc) is 3.28. The van der Waals surface area contributed by atoms with Gasteiger partial charge in [-0.25, -0.2) is 9.97 Å². The van der Waals surface area contributed by atoms with Gasteiger partial charge in [0.05, 0.1) is 0 Å². The van der Waals surface area contributed by atoms with Gasteiger partial charge in [-0.2, -0.15) is 4.98 Å². The lowest BCUT2D eigenvalue weighted by atomic mass is 10.0. The van der Waals surface area contributed by atoms with Crippen molar-refractivity contribution in [1.29, 1.82) is 0 Å². The van der Waals surface area contributed by atoms with Gasteiger partial charge in [-0.05, 0) is 12.0 Å². The summed E-state index contributed by atoms with van der Waals surface area (Å²) >= 11 is 0. The first-order valence-electron chi connectivity index (χ1n) is 8.57. The van der Waals surface area contributed by atoms with Crippen LogP contribution in [0.3, 0.4) is 0 Å². The van der Waals surface area contributed by atoms with Gasteiger partial charge in [0.15, 0.2) is 0 Å². The third-order valence-electron chi connectivity index (χ3n) is 4.87. The van der Waals surface area contributed by atoms with Crippen molar-refractivity contribution in [2.45, 2.75) is 32.1 Å². The van der Waals surface area contributed by atoms with E-state index in [9.17, 15) is 0 Å². The van der Waals surface area contributed by atoms with Gasteiger partial charge in [-0.3, -0.25) is 5.10 Å². The van der Waals surface area contributed by atoms with Crippen molar-refractivity contribution >= 4 is 11.9 Å². The van der Waals surface area contributed by atoms with E-state index in [0.29, 0.717) is 0 Å². The third-order valence-corrected chi connectivity index (χ3v) is 4.87. The summed E-state index contributed by atoms with van der Waals surface area (Å²) in [5.41, 5.74) is 0. The summed E-state index contributed by atoms with van der Waals surface area (Å²) in [6.07, 6.45) is 10.0. The Morgan fingerprint density at radius 3 is 2.30 bits per heavy atom. The number of nitrogens with one attached hydrogen (secondary N) is 1. The van der Waals surface area contributed by atoms with Crippen LogP contribution in [0.15, 0.2) is 18.5 Å². The molecule has 0 atom stereocenters. The van der Waals surface area contributed by atoms with Crippen molar-refractivity contribution in [3.8, 4) is 0 Å². The molecule has 1 aliphatic carbocycles. The van der Waals surface area contributed by atoms with E-state index in [1.165, 1.54) is 25.7 Å². The highest BCUT2D eigenvalue weighted by Crippen LogP contribution is 2.27. The van der Waals surface area contributed by atoms with Crippen LogP contribution >= 0.6 is 0 Å². The fourth-order valence-corrected chi connectivity index (χ4v) is 3.57. The van der Waals surface area contributed by atoms with Crippen LogP contribution in [-0.2, 0) is 6.42 Å². The van der Waals surface area contributed by atoms with Crippen LogP contribution in [0.5, 0.6) is 0 Å². The maximum absolute atomic E-state index is 4.70. The predicted molar refractivity (Wildman–Crippen MR) is 88.5 cm³/mol. The number of H-pyrrole nitrogens is 1. The second kappa shape index (κ2) is 6.52. The van der Waals surface area contributed by atoms with E-state index in [1.54, 1.807) is 12.4 Å². The van der Waals surface area contributed by atoms with Crippen molar-refractivity contribution in [2.24, 2.45) is 5.92 Å². The Bertz CT molecular complexity index is 612. The zero-order valence-electron chi connectivity index (χ0n) is 13.4. The minimum absolute atomic E-state index is 0.794. The van der Waals surface area contributed by atoms with E-state index in [-0.39, 0.29) is 0 Å². The summed E-state index contributed by atoms with van der Waals surface area (Å²) in [6, 6.07) is 1.85. The molecule has 23 heavy (non-hydrogen) atoms. The Morgan fingerprint density at radius 2 is 1.61 bits per heavy atom. The molecule has 0 aromatic carbocycles. The molecule has 122 valence electrons. The van der Waals surface area contributed by atoms with E-state index in [1.807, 2.05) is 6.07 Å². The normalized spacial score (nSPS) is 19.5. The maximum Gasteiger partial charge on any atom is 0.244 e. The Labute approximate surface area is 136 Å². The molecule has 0 bridgehead atoms. The van der Waals surface area contributed by atoms with Crippen LogP contribution in [0.25, 0.3) is 0 Å². The highest BCUT2D eigenvalue weighted by molar-refractivity contribution is 5.36. The minimum atomic E-state index is 0.794. The van der Waals surface area contributed by atoms with Gasteiger partial charge in [0.25, 0.3) is 0 Å². The SMILES string of the molecule is c1cnc(N2CCN(c3n[nH]c(CC4CCCC4)n3)CC2)nc1. The number of hydrogen-bond donors (Lipinski definition) is 1. The first-order valence-corrected chi connectivity index (χ1v) is 8.57. The van der Waals surface area contributed by atoms with Gasteiger partial charge in [0.2, 0.25) is 11.9 Å². The fraction of sp³-hybridized carbons (Fsp3) is 0.625. The van der Waals surface area contributed by atoms with Gasteiger partial charge in [0.1, 0.15) is 5.82 Å². The monoisotopic (exact) mass is 313 g/mol. The second-order valence-electron chi connectivity index (χ2n) is 6.46. The van der Waals surface area contributed by atoms with E-state index < -0.39 is 0 Å². The van der Waals surface area contributed by atoms with E-state index in [0.717, 1.165) is 56.2 Å². The largest absolute Gasteiger partial charge is 0.337 e. The summed E-state index contributed by atoms with van der Waals surface area (Å²) in [5, 5.41) is 7.55. The molecule has 1 saturated heterocycles. The van der Waals surface area contributed by atoms with Gasteiger partial charge in [-0.1, -0.05) is 25.7 Å². The molecule has 2 aromatic rings. The van der Waals surface area contributed by atoms with Crippen LogP contribution < -0.4 is 9.80 Å². The summed E-state index contributed by atoms with van der Waals surface area (Å²) in [7, 11) is 0. The number of hydrogen-bond acceptors (Lipinski definition) is 6. The molecule has 1 saturated carbocycles. The molecule has 2 aliphatic rings. The summed E-state index contributed by atoms with van der Waals surface area (Å²) < 4.78 is 0. The van der Waals surface area contributed by atoms with Crippen molar-refractivity contribution < 1.29 is 0 Å². The van der Waals surface area contributed by atoms with Gasteiger partial charge in [-0.15, -0.1) is 5.10 Å². The number of aromatic amines is 1. The molecule has 4 rings (SSSR count). The first kappa shape index (κ1) is 14.4. The molecule has 3 heterocycles.